The van der Waals surface area contributed by atoms with E-state index in [1.807, 2.05) is 13.8 Å². The fourth-order valence-electron chi connectivity index (χ4n) is 1.54. The number of carboxylic acids is 1. The summed E-state index contributed by atoms with van der Waals surface area (Å²) >= 11 is 1.12. The van der Waals surface area contributed by atoms with Crippen LogP contribution in [0.4, 0.5) is 0 Å². The van der Waals surface area contributed by atoms with Crippen LogP contribution in [0.2, 0.25) is 0 Å². The van der Waals surface area contributed by atoms with E-state index in [0.717, 1.165) is 24.2 Å². The standard InChI is InChI=1S/C11H18N2O3S/c1-3-11(4-2,7-14)12-5-8-6-17-9(13-8)10(15)16/h6,12,14H,3-5,7H2,1-2H3,(H,15,16). The average molecular weight is 258 g/mol. The van der Waals surface area contributed by atoms with Crippen LogP contribution in [0.15, 0.2) is 5.38 Å². The SMILES string of the molecule is CCC(CC)(CO)NCc1csc(C(=O)O)n1. The molecule has 17 heavy (non-hydrogen) atoms. The number of nitrogens with one attached hydrogen (secondary N) is 1. The molecule has 0 aromatic carbocycles. The normalized spacial score (nSPS) is 11.7. The molecule has 0 atom stereocenters. The molecule has 0 saturated carbocycles. The molecule has 0 aliphatic heterocycles. The molecule has 0 aliphatic rings. The molecule has 0 aliphatic carbocycles. The van der Waals surface area contributed by atoms with Crippen LogP contribution >= 0.6 is 11.3 Å². The number of aliphatic hydroxyl groups excluding tert-OH is 1. The van der Waals surface area contributed by atoms with Crippen LogP contribution < -0.4 is 5.32 Å². The van der Waals surface area contributed by atoms with Gasteiger partial charge in [0.05, 0.1) is 12.3 Å². The molecule has 0 saturated heterocycles. The maximum absolute atomic E-state index is 10.7. The summed E-state index contributed by atoms with van der Waals surface area (Å²) < 4.78 is 0. The van der Waals surface area contributed by atoms with E-state index in [9.17, 15) is 9.90 Å². The van der Waals surface area contributed by atoms with E-state index in [0.29, 0.717) is 12.2 Å². The molecule has 1 aromatic heterocycles. The van der Waals surface area contributed by atoms with Crippen molar-refractivity contribution in [3.63, 3.8) is 0 Å². The van der Waals surface area contributed by atoms with Crippen molar-refractivity contribution in [2.24, 2.45) is 0 Å². The quantitative estimate of drug-likeness (QED) is 0.690. The van der Waals surface area contributed by atoms with Gasteiger partial charge >= 0.3 is 5.97 Å². The van der Waals surface area contributed by atoms with Crippen molar-refractivity contribution in [1.82, 2.24) is 10.3 Å². The van der Waals surface area contributed by atoms with Gasteiger partial charge in [0.25, 0.3) is 0 Å². The summed E-state index contributed by atoms with van der Waals surface area (Å²) in [6, 6.07) is 0. The van der Waals surface area contributed by atoms with Gasteiger partial charge in [0, 0.05) is 17.5 Å². The van der Waals surface area contributed by atoms with Crippen LogP contribution in [0.25, 0.3) is 0 Å². The predicted molar refractivity (Wildman–Crippen MR) is 66.3 cm³/mol. The molecule has 1 aromatic rings. The minimum absolute atomic E-state index is 0.0654. The summed E-state index contributed by atoms with van der Waals surface area (Å²) in [7, 11) is 0. The fraction of sp³-hybridized carbons (Fsp3) is 0.636. The molecule has 0 bridgehead atoms. The van der Waals surface area contributed by atoms with E-state index in [1.54, 1.807) is 5.38 Å². The zero-order valence-corrected chi connectivity index (χ0v) is 10.9. The Labute approximate surface area is 105 Å². The van der Waals surface area contributed by atoms with Crippen LogP contribution in [0, 0.1) is 0 Å². The van der Waals surface area contributed by atoms with Crippen molar-refractivity contribution >= 4 is 17.3 Å². The van der Waals surface area contributed by atoms with Gasteiger partial charge in [-0.25, -0.2) is 9.78 Å². The highest BCUT2D eigenvalue weighted by molar-refractivity contribution is 7.11. The lowest BCUT2D eigenvalue weighted by atomic mass is 9.94. The number of thiazole rings is 1. The second-order valence-corrected chi connectivity index (χ2v) is 4.81. The Morgan fingerprint density at radius 1 is 1.53 bits per heavy atom. The first-order chi connectivity index (χ1) is 8.06. The van der Waals surface area contributed by atoms with Crippen LogP contribution in [0.3, 0.4) is 0 Å². The van der Waals surface area contributed by atoms with Crippen molar-refractivity contribution in [3.05, 3.63) is 16.1 Å². The van der Waals surface area contributed by atoms with Crippen molar-refractivity contribution in [1.29, 1.82) is 0 Å². The van der Waals surface area contributed by atoms with Gasteiger partial charge in [-0.1, -0.05) is 13.8 Å². The molecule has 0 radical (unpaired) electrons. The Hall–Kier alpha value is -0.980. The number of aliphatic hydroxyl groups is 1. The summed E-state index contributed by atoms with van der Waals surface area (Å²) in [5, 5.41) is 23.2. The van der Waals surface area contributed by atoms with Gasteiger partial charge in [0.2, 0.25) is 5.01 Å². The highest BCUT2D eigenvalue weighted by Gasteiger charge is 2.24. The third kappa shape index (κ3) is 3.49. The number of rotatable bonds is 7. The number of hydrogen-bond donors (Lipinski definition) is 3. The summed E-state index contributed by atoms with van der Waals surface area (Å²) in [5.41, 5.74) is 0.402. The topological polar surface area (TPSA) is 82.5 Å². The van der Waals surface area contributed by atoms with E-state index < -0.39 is 5.97 Å². The monoisotopic (exact) mass is 258 g/mol. The first-order valence-corrected chi connectivity index (χ1v) is 6.48. The molecule has 0 amide bonds. The first kappa shape index (κ1) is 14.1. The average Bonchev–Trinajstić information content (AvgIpc) is 2.81. The van der Waals surface area contributed by atoms with Gasteiger partial charge in [-0.2, -0.15) is 0 Å². The number of aromatic nitrogens is 1. The maximum atomic E-state index is 10.7. The van der Waals surface area contributed by atoms with Gasteiger partial charge < -0.3 is 15.5 Å². The van der Waals surface area contributed by atoms with Crippen molar-refractivity contribution < 1.29 is 15.0 Å². The van der Waals surface area contributed by atoms with Gasteiger partial charge in [0.15, 0.2) is 0 Å². The van der Waals surface area contributed by atoms with Gasteiger partial charge in [-0.3, -0.25) is 0 Å². The Bertz CT molecular complexity index is 366. The van der Waals surface area contributed by atoms with Crippen LogP contribution in [0.5, 0.6) is 0 Å². The Kier molecular flexibility index (Phi) is 5.04. The molecule has 1 heterocycles. The summed E-state index contributed by atoms with van der Waals surface area (Å²) in [6.45, 7) is 4.56. The molecule has 0 fully saturated rings. The Balaban J connectivity index is 2.62. The lowest BCUT2D eigenvalue weighted by molar-refractivity contribution is 0.0696. The molecular weight excluding hydrogens is 240 g/mol. The van der Waals surface area contributed by atoms with Crippen molar-refractivity contribution in [2.45, 2.75) is 38.8 Å². The van der Waals surface area contributed by atoms with Crippen LogP contribution in [-0.4, -0.2) is 33.3 Å². The second-order valence-electron chi connectivity index (χ2n) is 3.95. The summed E-state index contributed by atoms with van der Waals surface area (Å²) in [6.07, 6.45) is 1.63. The van der Waals surface area contributed by atoms with E-state index in [-0.39, 0.29) is 17.2 Å². The van der Waals surface area contributed by atoms with Crippen LogP contribution in [0.1, 0.15) is 42.2 Å². The molecule has 3 N–H and O–H groups in total. The lowest BCUT2D eigenvalue weighted by Gasteiger charge is -2.30. The number of hydrogen-bond acceptors (Lipinski definition) is 5. The van der Waals surface area contributed by atoms with Crippen molar-refractivity contribution in [2.75, 3.05) is 6.61 Å². The third-order valence-corrected chi connectivity index (χ3v) is 3.91. The van der Waals surface area contributed by atoms with Gasteiger partial charge in [0.1, 0.15) is 0 Å². The molecule has 1 rings (SSSR count). The van der Waals surface area contributed by atoms with E-state index in [1.165, 1.54) is 0 Å². The van der Waals surface area contributed by atoms with E-state index in [4.69, 9.17) is 5.11 Å². The molecule has 0 spiro atoms. The van der Waals surface area contributed by atoms with E-state index in [2.05, 4.69) is 10.3 Å². The number of nitrogens with zero attached hydrogens (tertiary/aromatic N) is 1. The smallest absolute Gasteiger partial charge is 0.365 e. The minimum atomic E-state index is -0.999. The van der Waals surface area contributed by atoms with Crippen molar-refractivity contribution in [3.8, 4) is 0 Å². The third-order valence-electron chi connectivity index (χ3n) is 3.04. The number of carbonyl (C=O) groups is 1. The zero-order chi connectivity index (χ0) is 12.9. The maximum Gasteiger partial charge on any atom is 0.365 e. The first-order valence-electron chi connectivity index (χ1n) is 5.60. The molecule has 5 nitrogen and oxygen atoms in total. The Morgan fingerprint density at radius 2 is 2.18 bits per heavy atom. The highest BCUT2D eigenvalue weighted by atomic mass is 32.1. The largest absolute Gasteiger partial charge is 0.476 e. The van der Waals surface area contributed by atoms with Gasteiger partial charge in [-0.05, 0) is 12.8 Å². The second kappa shape index (κ2) is 6.09. The summed E-state index contributed by atoms with van der Waals surface area (Å²) in [4.78, 5) is 14.7. The summed E-state index contributed by atoms with van der Waals surface area (Å²) in [5.74, 6) is -0.999. The fourth-order valence-corrected chi connectivity index (χ4v) is 2.20. The number of aromatic carboxylic acids is 1. The van der Waals surface area contributed by atoms with Crippen LogP contribution in [-0.2, 0) is 6.54 Å². The van der Waals surface area contributed by atoms with Gasteiger partial charge in [-0.15, -0.1) is 11.3 Å². The minimum Gasteiger partial charge on any atom is -0.476 e. The molecular formula is C11H18N2O3S. The van der Waals surface area contributed by atoms with E-state index >= 15 is 0 Å². The molecule has 96 valence electrons. The number of carboxylic acid groups (broad SMARTS) is 1. The predicted octanol–water partition coefficient (Wildman–Crippen LogP) is 1.48. The zero-order valence-electron chi connectivity index (χ0n) is 10.1. The molecule has 0 unspecified atom stereocenters. The Morgan fingerprint density at radius 3 is 2.59 bits per heavy atom. The molecule has 6 heteroatoms. The highest BCUT2D eigenvalue weighted by Crippen LogP contribution is 2.16. The lowest BCUT2D eigenvalue weighted by Crippen LogP contribution is -2.47.